The zero-order valence-electron chi connectivity index (χ0n) is 15.3. The number of benzene rings is 1. The summed E-state index contributed by atoms with van der Waals surface area (Å²) in [5.41, 5.74) is 2.68. The maximum Gasteiger partial charge on any atom is 0.185 e. The van der Waals surface area contributed by atoms with Crippen molar-refractivity contribution in [2.75, 3.05) is 42.5 Å². The van der Waals surface area contributed by atoms with Crippen LogP contribution in [0, 0.1) is 6.92 Å². The number of thiazole rings is 1. The van der Waals surface area contributed by atoms with Crippen molar-refractivity contribution in [3.8, 4) is 0 Å². The molecule has 0 spiro atoms. The van der Waals surface area contributed by atoms with Crippen molar-refractivity contribution in [2.24, 2.45) is 0 Å². The lowest BCUT2D eigenvalue weighted by Gasteiger charge is -2.40. The lowest BCUT2D eigenvalue weighted by Crippen LogP contribution is -2.51. The van der Waals surface area contributed by atoms with E-state index in [1.54, 1.807) is 0 Å². The summed E-state index contributed by atoms with van der Waals surface area (Å²) in [4.78, 5) is 13.6. The Balaban J connectivity index is 1.36. The number of nitrogens with zero attached hydrogens (tertiary/aromatic N) is 4. The van der Waals surface area contributed by atoms with Crippen molar-refractivity contribution < 1.29 is 0 Å². The maximum atomic E-state index is 4.67. The highest BCUT2D eigenvalue weighted by molar-refractivity contribution is 7.15. The standard InChI is InChI=1S/C20H28N4S/c1-16-5-7-18(8-6-16)24-12-11-23(17(2)14-24)15-19-13-21-20(25-19)22-9-3-4-10-22/h5-8,13,17H,3-4,9-12,14-15H2,1-2H3. The van der Waals surface area contributed by atoms with Crippen LogP contribution in [0.3, 0.4) is 0 Å². The van der Waals surface area contributed by atoms with E-state index in [2.05, 4.69) is 64.0 Å². The number of rotatable bonds is 4. The van der Waals surface area contributed by atoms with Crippen LogP contribution in [0.2, 0.25) is 0 Å². The predicted molar refractivity (Wildman–Crippen MR) is 107 cm³/mol. The molecule has 0 amide bonds. The minimum atomic E-state index is 0.562. The lowest BCUT2D eigenvalue weighted by molar-refractivity contribution is 0.182. The van der Waals surface area contributed by atoms with Gasteiger partial charge in [0.2, 0.25) is 0 Å². The molecule has 4 rings (SSSR count). The zero-order chi connectivity index (χ0) is 17.2. The maximum absolute atomic E-state index is 4.67. The van der Waals surface area contributed by atoms with Crippen LogP contribution in [0.25, 0.3) is 0 Å². The van der Waals surface area contributed by atoms with Crippen molar-refractivity contribution in [3.05, 3.63) is 40.9 Å². The van der Waals surface area contributed by atoms with E-state index in [-0.39, 0.29) is 0 Å². The topological polar surface area (TPSA) is 22.6 Å². The number of aryl methyl sites for hydroxylation is 1. The van der Waals surface area contributed by atoms with E-state index in [0.717, 1.165) is 26.2 Å². The van der Waals surface area contributed by atoms with E-state index in [4.69, 9.17) is 0 Å². The highest BCUT2D eigenvalue weighted by Crippen LogP contribution is 2.28. The molecule has 1 unspecified atom stereocenters. The van der Waals surface area contributed by atoms with Crippen molar-refractivity contribution in [2.45, 2.75) is 39.3 Å². The van der Waals surface area contributed by atoms with Gasteiger partial charge < -0.3 is 9.80 Å². The molecule has 134 valence electrons. The van der Waals surface area contributed by atoms with Gasteiger partial charge in [0, 0.05) is 62.1 Å². The molecule has 5 heteroatoms. The highest BCUT2D eigenvalue weighted by atomic mass is 32.1. The summed E-state index contributed by atoms with van der Waals surface area (Å²) in [6, 6.07) is 9.49. The predicted octanol–water partition coefficient (Wildman–Crippen LogP) is 3.76. The molecule has 2 fully saturated rings. The molecule has 2 aliphatic heterocycles. The van der Waals surface area contributed by atoms with Gasteiger partial charge in [0.1, 0.15) is 0 Å². The van der Waals surface area contributed by atoms with Crippen LogP contribution in [0.5, 0.6) is 0 Å². The minimum absolute atomic E-state index is 0.562. The molecular formula is C20H28N4S. The fourth-order valence-corrected chi connectivity index (χ4v) is 4.83. The van der Waals surface area contributed by atoms with Crippen molar-refractivity contribution in [1.82, 2.24) is 9.88 Å². The van der Waals surface area contributed by atoms with E-state index in [1.807, 2.05) is 11.3 Å². The lowest BCUT2D eigenvalue weighted by atomic mass is 10.1. The molecule has 1 aromatic carbocycles. The van der Waals surface area contributed by atoms with Gasteiger partial charge in [0.05, 0.1) is 0 Å². The second-order valence-corrected chi connectivity index (χ2v) is 8.50. The molecule has 2 saturated heterocycles. The van der Waals surface area contributed by atoms with Gasteiger partial charge in [-0.1, -0.05) is 17.7 Å². The Hall–Kier alpha value is -1.59. The molecule has 4 nitrogen and oxygen atoms in total. The smallest absolute Gasteiger partial charge is 0.185 e. The number of hydrogen-bond donors (Lipinski definition) is 0. The molecule has 1 atom stereocenters. The van der Waals surface area contributed by atoms with Crippen LogP contribution in [-0.4, -0.2) is 48.6 Å². The molecule has 3 heterocycles. The first kappa shape index (κ1) is 16.9. The van der Waals surface area contributed by atoms with E-state index in [0.29, 0.717) is 6.04 Å². The largest absolute Gasteiger partial charge is 0.369 e. The second kappa shape index (κ2) is 7.34. The summed E-state index contributed by atoms with van der Waals surface area (Å²) in [7, 11) is 0. The first-order chi connectivity index (χ1) is 12.2. The van der Waals surface area contributed by atoms with E-state index in [9.17, 15) is 0 Å². The third-order valence-corrected chi connectivity index (χ3v) is 6.48. The van der Waals surface area contributed by atoms with Gasteiger partial charge in [-0.3, -0.25) is 4.90 Å². The van der Waals surface area contributed by atoms with Gasteiger partial charge in [-0.2, -0.15) is 0 Å². The zero-order valence-corrected chi connectivity index (χ0v) is 16.1. The molecule has 0 saturated carbocycles. The molecule has 0 radical (unpaired) electrons. The number of anilines is 2. The van der Waals surface area contributed by atoms with Gasteiger partial charge in [-0.15, -0.1) is 11.3 Å². The number of piperazine rings is 1. The van der Waals surface area contributed by atoms with Gasteiger partial charge in [-0.25, -0.2) is 4.98 Å². The summed E-state index contributed by atoms with van der Waals surface area (Å²) in [5.74, 6) is 0. The second-order valence-electron chi connectivity index (χ2n) is 7.40. The first-order valence-corrected chi connectivity index (χ1v) is 10.3. The first-order valence-electron chi connectivity index (χ1n) is 9.44. The fourth-order valence-electron chi connectivity index (χ4n) is 3.85. The molecule has 1 aromatic heterocycles. The molecular weight excluding hydrogens is 328 g/mol. The third-order valence-electron chi connectivity index (χ3n) is 5.44. The molecule has 25 heavy (non-hydrogen) atoms. The monoisotopic (exact) mass is 356 g/mol. The molecule has 2 aromatic rings. The molecule has 2 aliphatic rings. The van der Waals surface area contributed by atoms with Crippen LogP contribution in [-0.2, 0) is 6.54 Å². The third kappa shape index (κ3) is 3.82. The Morgan fingerprint density at radius 3 is 2.52 bits per heavy atom. The Kier molecular flexibility index (Phi) is 4.95. The van der Waals surface area contributed by atoms with Crippen LogP contribution in [0.1, 0.15) is 30.2 Å². The Bertz CT molecular complexity index is 690. The highest BCUT2D eigenvalue weighted by Gasteiger charge is 2.25. The summed E-state index contributed by atoms with van der Waals surface area (Å²) in [5, 5.41) is 1.22. The Morgan fingerprint density at radius 2 is 1.80 bits per heavy atom. The van der Waals surface area contributed by atoms with Crippen molar-refractivity contribution in [1.29, 1.82) is 0 Å². The normalized spacial score (nSPS) is 21.9. The van der Waals surface area contributed by atoms with Crippen molar-refractivity contribution in [3.63, 3.8) is 0 Å². The number of hydrogen-bond acceptors (Lipinski definition) is 5. The van der Waals surface area contributed by atoms with Crippen molar-refractivity contribution >= 4 is 22.2 Å². The summed E-state index contributed by atoms with van der Waals surface area (Å²) in [6.45, 7) is 11.2. The molecule has 0 aliphatic carbocycles. The van der Waals surface area contributed by atoms with Crippen LogP contribution in [0.4, 0.5) is 10.8 Å². The summed E-state index contributed by atoms with van der Waals surface area (Å²) < 4.78 is 0. The van der Waals surface area contributed by atoms with Gasteiger partial charge in [-0.05, 0) is 38.8 Å². The van der Waals surface area contributed by atoms with E-state index < -0.39 is 0 Å². The Morgan fingerprint density at radius 1 is 1.04 bits per heavy atom. The summed E-state index contributed by atoms with van der Waals surface area (Å²) in [6.07, 6.45) is 4.72. The Labute approximate surface area is 155 Å². The number of aromatic nitrogens is 1. The SMILES string of the molecule is Cc1ccc(N2CCN(Cc3cnc(N4CCCC4)s3)C(C)C2)cc1. The van der Waals surface area contributed by atoms with Crippen LogP contribution < -0.4 is 9.80 Å². The molecule has 0 bridgehead atoms. The van der Waals surface area contributed by atoms with Crippen LogP contribution in [0.15, 0.2) is 30.5 Å². The summed E-state index contributed by atoms with van der Waals surface area (Å²) >= 11 is 1.88. The quantitative estimate of drug-likeness (QED) is 0.832. The van der Waals surface area contributed by atoms with Gasteiger partial charge in [0.15, 0.2) is 5.13 Å². The fraction of sp³-hybridized carbons (Fsp3) is 0.550. The average Bonchev–Trinajstić information content (AvgIpc) is 3.29. The van der Waals surface area contributed by atoms with Crippen LogP contribution >= 0.6 is 11.3 Å². The average molecular weight is 357 g/mol. The van der Waals surface area contributed by atoms with Gasteiger partial charge >= 0.3 is 0 Å². The van der Waals surface area contributed by atoms with E-state index in [1.165, 1.54) is 47.2 Å². The minimum Gasteiger partial charge on any atom is -0.369 e. The van der Waals surface area contributed by atoms with Gasteiger partial charge in [0.25, 0.3) is 0 Å². The van der Waals surface area contributed by atoms with E-state index >= 15 is 0 Å². The molecule has 0 N–H and O–H groups in total.